The van der Waals surface area contributed by atoms with Gasteiger partial charge in [-0.1, -0.05) is 0 Å². The molecule has 82 valence electrons. The highest BCUT2D eigenvalue weighted by Gasteiger charge is 2.23. The highest BCUT2D eigenvalue weighted by atomic mass is 16.4. The number of carbonyl (C=O) groups excluding carboxylic acids is 1. The molecule has 0 radical (unpaired) electrons. The minimum atomic E-state index is 0.398. The fraction of sp³-hybridized carbons (Fsp3) is 0.583. The Balaban J connectivity index is 2.02. The number of carbonyl (C=O) groups is 1. The van der Waals surface area contributed by atoms with Gasteiger partial charge < -0.3 is 9.32 Å². The van der Waals surface area contributed by atoms with Crippen LogP contribution in [0.5, 0.6) is 0 Å². The molecule has 1 saturated carbocycles. The summed E-state index contributed by atoms with van der Waals surface area (Å²) in [6.07, 6.45) is 3.34. The summed E-state index contributed by atoms with van der Waals surface area (Å²) in [6.45, 7) is 1.95. The van der Waals surface area contributed by atoms with Gasteiger partial charge in [0.05, 0.1) is 0 Å². The Morgan fingerprint density at radius 1 is 1.33 bits per heavy atom. The molecule has 1 aliphatic carbocycles. The lowest BCUT2D eigenvalue weighted by Gasteiger charge is -2.30. The van der Waals surface area contributed by atoms with Crippen molar-refractivity contribution in [1.82, 2.24) is 0 Å². The summed E-state index contributed by atoms with van der Waals surface area (Å²) in [5.41, 5.74) is 0. The van der Waals surface area contributed by atoms with Gasteiger partial charge in [0.25, 0.3) is 0 Å². The minimum Gasteiger partial charge on any atom is -0.446 e. The van der Waals surface area contributed by atoms with Crippen molar-refractivity contribution < 1.29 is 9.21 Å². The number of ketones is 1. The Kier molecular flexibility index (Phi) is 2.80. The molecule has 0 aromatic carbocycles. The van der Waals surface area contributed by atoms with Gasteiger partial charge >= 0.3 is 0 Å². The van der Waals surface area contributed by atoms with Gasteiger partial charge in [0.1, 0.15) is 11.5 Å². The number of furan rings is 1. The molecule has 1 aliphatic rings. The first-order valence-electron chi connectivity index (χ1n) is 5.48. The zero-order chi connectivity index (χ0) is 10.8. The van der Waals surface area contributed by atoms with Crippen LogP contribution in [-0.4, -0.2) is 18.9 Å². The Hall–Kier alpha value is -1.25. The summed E-state index contributed by atoms with van der Waals surface area (Å²) in [7, 11) is 2.04. The van der Waals surface area contributed by atoms with E-state index >= 15 is 0 Å². The molecule has 0 unspecified atom stereocenters. The van der Waals surface area contributed by atoms with E-state index in [1.54, 1.807) is 0 Å². The van der Waals surface area contributed by atoms with Gasteiger partial charge in [-0.3, -0.25) is 4.79 Å². The van der Waals surface area contributed by atoms with Gasteiger partial charge in [0, 0.05) is 32.0 Å². The van der Waals surface area contributed by atoms with Crippen LogP contribution in [0.25, 0.3) is 0 Å². The van der Waals surface area contributed by atoms with E-state index in [1.807, 2.05) is 26.1 Å². The molecule has 3 nitrogen and oxygen atoms in total. The minimum absolute atomic E-state index is 0.398. The SMILES string of the molecule is Cc1ccc(N(C)C2CCC(=O)CC2)o1. The number of Topliss-reactive ketones (excluding diaryl/α,β-unsaturated/α-hetero) is 1. The van der Waals surface area contributed by atoms with Crippen molar-refractivity contribution in [2.75, 3.05) is 11.9 Å². The van der Waals surface area contributed by atoms with E-state index in [2.05, 4.69) is 4.90 Å². The van der Waals surface area contributed by atoms with Crippen molar-refractivity contribution in [2.24, 2.45) is 0 Å². The number of nitrogens with zero attached hydrogens (tertiary/aromatic N) is 1. The van der Waals surface area contributed by atoms with E-state index in [4.69, 9.17) is 4.42 Å². The van der Waals surface area contributed by atoms with Crippen LogP contribution in [0.4, 0.5) is 5.88 Å². The highest BCUT2D eigenvalue weighted by molar-refractivity contribution is 5.79. The molecular formula is C12H17NO2. The van der Waals surface area contributed by atoms with Gasteiger partial charge in [0.2, 0.25) is 0 Å². The third-order valence-corrected chi connectivity index (χ3v) is 3.13. The Labute approximate surface area is 90.1 Å². The van der Waals surface area contributed by atoms with E-state index in [-0.39, 0.29) is 0 Å². The van der Waals surface area contributed by atoms with Crippen molar-refractivity contribution in [3.05, 3.63) is 17.9 Å². The van der Waals surface area contributed by atoms with Crippen molar-refractivity contribution >= 4 is 11.7 Å². The largest absolute Gasteiger partial charge is 0.446 e. The maximum Gasteiger partial charge on any atom is 0.195 e. The highest BCUT2D eigenvalue weighted by Crippen LogP contribution is 2.25. The zero-order valence-electron chi connectivity index (χ0n) is 9.32. The molecule has 0 spiro atoms. The lowest BCUT2D eigenvalue weighted by molar-refractivity contribution is -0.120. The predicted octanol–water partition coefficient (Wildman–Crippen LogP) is 2.54. The second kappa shape index (κ2) is 4.09. The number of aryl methyl sites for hydroxylation is 1. The van der Waals surface area contributed by atoms with Gasteiger partial charge in [-0.15, -0.1) is 0 Å². The number of hydrogen-bond donors (Lipinski definition) is 0. The molecule has 2 rings (SSSR count). The van der Waals surface area contributed by atoms with Crippen LogP contribution in [0.3, 0.4) is 0 Å². The molecule has 1 aromatic heterocycles. The molecule has 3 heteroatoms. The topological polar surface area (TPSA) is 33.5 Å². The molecule has 0 amide bonds. The van der Waals surface area contributed by atoms with Crippen LogP contribution >= 0.6 is 0 Å². The van der Waals surface area contributed by atoms with Crippen LogP contribution in [-0.2, 0) is 4.79 Å². The third kappa shape index (κ3) is 2.22. The first-order valence-corrected chi connectivity index (χ1v) is 5.48. The van der Waals surface area contributed by atoms with Crippen LogP contribution in [0.1, 0.15) is 31.4 Å². The van der Waals surface area contributed by atoms with Gasteiger partial charge in [-0.05, 0) is 25.8 Å². The number of anilines is 1. The maximum absolute atomic E-state index is 11.1. The molecule has 0 N–H and O–H groups in total. The van der Waals surface area contributed by atoms with Gasteiger partial charge in [-0.2, -0.15) is 0 Å². The molecule has 1 heterocycles. The first-order chi connectivity index (χ1) is 7.16. The van der Waals surface area contributed by atoms with Gasteiger partial charge in [0.15, 0.2) is 5.88 Å². The van der Waals surface area contributed by atoms with E-state index in [0.717, 1.165) is 24.5 Å². The van der Waals surface area contributed by atoms with Crippen molar-refractivity contribution in [2.45, 2.75) is 38.6 Å². The van der Waals surface area contributed by atoms with Crippen LogP contribution in [0.15, 0.2) is 16.5 Å². The summed E-state index contributed by atoms with van der Waals surface area (Å²) in [5, 5.41) is 0. The first kappa shape index (κ1) is 10.3. The smallest absolute Gasteiger partial charge is 0.195 e. The van der Waals surface area contributed by atoms with Crippen LogP contribution in [0.2, 0.25) is 0 Å². The molecule has 1 fully saturated rings. The molecule has 15 heavy (non-hydrogen) atoms. The summed E-state index contributed by atoms with van der Waals surface area (Å²) >= 11 is 0. The normalized spacial score (nSPS) is 18.1. The summed E-state index contributed by atoms with van der Waals surface area (Å²) in [4.78, 5) is 13.3. The quantitative estimate of drug-likeness (QED) is 0.747. The predicted molar refractivity (Wildman–Crippen MR) is 59.1 cm³/mol. The fourth-order valence-corrected chi connectivity index (χ4v) is 2.10. The molecular weight excluding hydrogens is 190 g/mol. The fourth-order valence-electron chi connectivity index (χ4n) is 2.10. The Morgan fingerprint density at radius 2 is 2.00 bits per heavy atom. The van der Waals surface area contributed by atoms with Crippen molar-refractivity contribution in [1.29, 1.82) is 0 Å². The molecule has 0 saturated heterocycles. The molecule has 0 bridgehead atoms. The zero-order valence-corrected chi connectivity index (χ0v) is 9.32. The summed E-state index contributed by atoms with van der Waals surface area (Å²) in [6, 6.07) is 4.42. The standard InChI is InChI=1S/C12H17NO2/c1-9-3-8-12(15-9)13(2)10-4-6-11(14)7-5-10/h3,8,10H,4-7H2,1-2H3. The number of rotatable bonds is 2. The summed E-state index contributed by atoms with van der Waals surface area (Å²) in [5.74, 6) is 2.24. The maximum atomic E-state index is 11.1. The van der Waals surface area contributed by atoms with E-state index < -0.39 is 0 Å². The lowest BCUT2D eigenvalue weighted by atomic mass is 9.93. The average molecular weight is 207 g/mol. The molecule has 0 atom stereocenters. The van der Waals surface area contributed by atoms with E-state index in [0.29, 0.717) is 24.7 Å². The van der Waals surface area contributed by atoms with Crippen LogP contribution in [0, 0.1) is 6.92 Å². The molecule has 1 aromatic rings. The van der Waals surface area contributed by atoms with Crippen molar-refractivity contribution in [3.63, 3.8) is 0 Å². The second-order valence-corrected chi connectivity index (χ2v) is 4.27. The second-order valence-electron chi connectivity index (χ2n) is 4.27. The van der Waals surface area contributed by atoms with Crippen LogP contribution < -0.4 is 4.90 Å². The monoisotopic (exact) mass is 207 g/mol. The third-order valence-electron chi connectivity index (χ3n) is 3.13. The Morgan fingerprint density at radius 3 is 2.53 bits per heavy atom. The van der Waals surface area contributed by atoms with E-state index in [9.17, 15) is 4.79 Å². The van der Waals surface area contributed by atoms with E-state index in [1.165, 1.54) is 0 Å². The summed E-state index contributed by atoms with van der Waals surface area (Å²) < 4.78 is 5.57. The number of hydrogen-bond acceptors (Lipinski definition) is 3. The molecule has 0 aliphatic heterocycles. The Bertz CT molecular complexity index is 346. The average Bonchev–Trinajstić information content (AvgIpc) is 2.65. The van der Waals surface area contributed by atoms with Gasteiger partial charge in [-0.25, -0.2) is 0 Å². The lowest BCUT2D eigenvalue weighted by Crippen LogP contribution is -2.34. The van der Waals surface area contributed by atoms with Crippen molar-refractivity contribution in [3.8, 4) is 0 Å².